The van der Waals surface area contributed by atoms with Crippen molar-refractivity contribution in [3.05, 3.63) is 54.1 Å². The summed E-state index contributed by atoms with van der Waals surface area (Å²) in [6, 6.07) is 11.3. The Labute approximate surface area is 154 Å². The monoisotopic (exact) mass is 380 g/mol. The quantitative estimate of drug-likeness (QED) is 0.821. The molecule has 2 rings (SSSR count). The molecule has 0 aliphatic rings. The Hall–Kier alpha value is -3.03. The van der Waals surface area contributed by atoms with E-state index in [0.29, 0.717) is 18.0 Å². The molecular formula is C19H19F3N2O3. The Morgan fingerprint density at radius 2 is 1.70 bits per heavy atom. The Kier molecular flexibility index (Phi) is 6.44. The van der Waals surface area contributed by atoms with Crippen molar-refractivity contribution in [3.8, 4) is 5.75 Å². The highest BCUT2D eigenvalue weighted by Gasteiger charge is 2.33. The van der Waals surface area contributed by atoms with E-state index in [4.69, 9.17) is 4.74 Å². The third kappa shape index (κ3) is 5.22. The number of para-hydroxylation sites is 3. The van der Waals surface area contributed by atoms with Crippen LogP contribution in [-0.2, 0) is 15.8 Å². The normalized spacial score (nSPS) is 11.0. The number of anilines is 2. The van der Waals surface area contributed by atoms with Gasteiger partial charge in [-0.1, -0.05) is 24.3 Å². The summed E-state index contributed by atoms with van der Waals surface area (Å²) in [7, 11) is 0. The molecule has 0 unspecified atom stereocenters. The lowest BCUT2D eigenvalue weighted by Crippen LogP contribution is -2.37. The molecule has 5 nitrogen and oxygen atoms in total. The predicted octanol–water partition coefficient (Wildman–Crippen LogP) is 4.10. The molecule has 2 amide bonds. The molecule has 0 aromatic heterocycles. The zero-order chi connectivity index (χ0) is 20.0. The lowest BCUT2D eigenvalue weighted by Gasteiger charge is -2.23. The van der Waals surface area contributed by atoms with Crippen molar-refractivity contribution in [1.29, 1.82) is 0 Å². The van der Waals surface area contributed by atoms with Crippen LogP contribution in [-0.4, -0.2) is 25.0 Å². The van der Waals surface area contributed by atoms with E-state index in [9.17, 15) is 22.8 Å². The fourth-order valence-corrected chi connectivity index (χ4v) is 2.50. The molecule has 0 aliphatic carbocycles. The van der Waals surface area contributed by atoms with Crippen LogP contribution in [0, 0.1) is 0 Å². The zero-order valence-corrected chi connectivity index (χ0v) is 14.8. The summed E-state index contributed by atoms with van der Waals surface area (Å²) in [6.45, 7) is 2.94. The van der Waals surface area contributed by atoms with E-state index in [1.807, 2.05) is 0 Å². The van der Waals surface area contributed by atoms with Crippen LogP contribution in [0.5, 0.6) is 5.75 Å². The highest BCUT2D eigenvalue weighted by molar-refractivity contribution is 6.02. The first-order valence-corrected chi connectivity index (χ1v) is 8.20. The van der Waals surface area contributed by atoms with Crippen molar-refractivity contribution < 1.29 is 27.5 Å². The maximum atomic E-state index is 13.1. The van der Waals surface area contributed by atoms with Gasteiger partial charge in [-0.3, -0.25) is 14.5 Å². The van der Waals surface area contributed by atoms with Gasteiger partial charge in [0.05, 0.1) is 23.5 Å². The molecule has 2 aromatic rings. The van der Waals surface area contributed by atoms with Crippen molar-refractivity contribution in [1.82, 2.24) is 0 Å². The summed E-state index contributed by atoms with van der Waals surface area (Å²) in [5, 5.41) is 2.23. The van der Waals surface area contributed by atoms with Crippen molar-refractivity contribution >= 4 is 23.2 Å². The predicted molar refractivity (Wildman–Crippen MR) is 95.7 cm³/mol. The smallest absolute Gasteiger partial charge is 0.418 e. The molecule has 0 aliphatic heterocycles. The molecule has 0 saturated carbocycles. The van der Waals surface area contributed by atoms with Crippen LogP contribution in [0.4, 0.5) is 24.5 Å². The molecule has 0 saturated heterocycles. The number of hydrogen-bond acceptors (Lipinski definition) is 3. The van der Waals surface area contributed by atoms with Gasteiger partial charge in [0, 0.05) is 6.92 Å². The Morgan fingerprint density at radius 1 is 1.07 bits per heavy atom. The topological polar surface area (TPSA) is 58.6 Å². The number of carbonyl (C=O) groups excluding carboxylic acids is 2. The fourth-order valence-electron chi connectivity index (χ4n) is 2.50. The average Bonchev–Trinajstić information content (AvgIpc) is 2.60. The SMILES string of the molecule is CCOc1ccccc1N(CC(=O)Nc1ccccc1C(F)(F)F)C(C)=O. The number of carbonyl (C=O) groups is 2. The minimum atomic E-state index is -4.61. The second-order valence-corrected chi connectivity index (χ2v) is 5.60. The summed E-state index contributed by atoms with van der Waals surface area (Å²) in [5.74, 6) is -0.798. The van der Waals surface area contributed by atoms with Gasteiger partial charge >= 0.3 is 6.18 Å². The molecular weight excluding hydrogens is 361 g/mol. The van der Waals surface area contributed by atoms with Crippen molar-refractivity contribution in [2.24, 2.45) is 0 Å². The summed E-state index contributed by atoms with van der Waals surface area (Å²) >= 11 is 0. The lowest BCUT2D eigenvalue weighted by atomic mass is 10.1. The van der Waals surface area contributed by atoms with Crippen LogP contribution in [0.3, 0.4) is 0 Å². The molecule has 0 heterocycles. The first-order chi connectivity index (χ1) is 12.7. The van der Waals surface area contributed by atoms with Crippen LogP contribution in [0.1, 0.15) is 19.4 Å². The van der Waals surface area contributed by atoms with E-state index in [0.717, 1.165) is 17.0 Å². The first-order valence-electron chi connectivity index (χ1n) is 8.20. The molecule has 0 spiro atoms. The fraction of sp³-hybridized carbons (Fsp3) is 0.263. The third-order valence-corrected chi connectivity index (χ3v) is 3.64. The van der Waals surface area contributed by atoms with Crippen LogP contribution < -0.4 is 15.0 Å². The number of nitrogens with zero attached hydrogens (tertiary/aromatic N) is 1. The van der Waals surface area contributed by atoms with E-state index in [-0.39, 0.29) is 5.69 Å². The number of ether oxygens (including phenoxy) is 1. The van der Waals surface area contributed by atoms with Gasteiger partial charge in [-0.15, -0.1) is 0 Å². The Balaban J connectivity index is 2.24. The third-order valence-electron chi connectivity index (χ3n) is 3.64. The highest BCUT2D eigenvalue weighted by Crippen LogP contribution is 2.34. The van der Waals surface area contributed by atoms with Crippen molar-refractivity contribution in [2.45, 2.75) is 20.0 Å². The van der Waals surface area contributed by atoms with E-state index < -0.39 is 30.1 Å². The average molecular weight is 380 g/mol. The summed E-state index contributed by atoms with van der Waals surface area (Å²) < 4.78 is 44.6. The molecule has 1 N–H and O–H groups in total. The van der Waals surface area contributed by atoms with Gasteiger partial charge in [0.15, 0.2) is 0 Å². The van der Waals surface area contributed by atoms with E-state index in [2.05, 4.69) is 5.32 Å². The molecule has 0 bridgehead atoms. The first kappa shape index (κ1) is 20.3. The van der Waals surface area contributed by atoms with E-state index >= 15 is 0 Å². The van der Waals surface area contributed by atoms with E-state index in [1.165, 1.54) is 19.1 Å². The van der Waals surface area contributed by atoms with Gasteiger partial charge in [-0.05, 0) is 31.2 Å². The van der Waals surface area contributed by atoms with Crippen LogP contribution in [0.2, 0.25) is 0 Å². The molecule has 8 heteroatoms. The minimum Gasteiger partial charge on any atom is -0.492 e. The van der Waals surface area contributed by atoms with Crippen LogP contribution in [0.15, 0.2) is 48.5 Å². The Morgan fingerprint density at radius 3 is 2.33 bits per heavy atom. The molecule has 2 aromatic carbocycles. The number of nitrogens with one attached hydrogen (secondary N) is 1. The van der Waals surface area contributed by atoms with Gasteiger partial charge in [0.1, 0.15) is 12.3 Å². The summed E-state index contributed by atoms with van der Waals surface area (Å²) in [6.07, 6.45) is -4.61. The van der Waals surface area contributed by atoms with Crippen LogP contribution in [0.25, 0.3) is 0 Å². The minimum absolute atomic E-state index is 0.355. The second kappa shape index (κ2) is 8.57. The van der Waals surface area contributed by atoms with Crippen molar-refractivity contribution in [2.75, 3.05) is 23.4 Å². The van der Waals surface area contributed by atoms with Gasteiger partial charge in [-0.2, -0.15) is 13.2 Å². The standard InChI is InChI=1S/C19H19F3N2O3/c1-3-27-17-11-7-6-10-16(17)24(13(2)25)12-18(26)23-15-9-5-4-8-14(15)19(20,21)22/h4-11H,3,12H2,1-2H3,(H,23,26). The molecule has 27 heavy (non-hydrogen) atoms. The highest BCUT2D eigenvalue weighted by atomic mass is 19.4. The van der Waals surface area contributed by atoms with Gasteiger partial charge in [0.25, 0.3) is 0 Å². The lowest BCUT2D eigenvalue weighted by molar-refractivity contribution is -0.137. The maximum Gasteiger partial charge on any atom is 0.418 e. The number of benzene rings is 2. The number of amides is 2. The molecule has 0 fully saturated rings. The number of rotatable bonds is 6. The molecule has 0 atom stereocenters. The number of halogens is 3. The van der Waals surface area contributed by atoms with Crippen LogP contribution >= 0.6 is 0 Å². The summed E-state index contributed by atoms with van der Waals surface area (Å²) in [4.78, 5) is 25.5. The molecule has 144 valence electrons. The maximum absolute atomic E-state index is 13.1. The molecule has 0 radical (unpaired) electrons. The van der Waals surface area contributed by atoms with Gasteiger partial charge in [0.2, 0.25) is 11.8 Å². The number of hydrogen-bond donors (Lipinski definition) is 1. The van der Waals surface area contributed by atoms with Gasteiger partial charge in [-0.25, -0.2) is 0 Å². The largest absolute Gasteiger partial charge is 0.492 e. The van der Waals surface area contributed by atoms with Gasteiger partial charge < -0.3 is 10.1 Å². The van der Waals surface area contributed by atoms with Crippen molar-refractivity contribution in [3.63, 3.8) is 0 Å². The number of alkyl halides is 3. The summed E-state index contributed by atoms with van der Waals surface area (Å²) in [5.41, 5.74) is -0.954. The van der Waals surface area contributed by atoms with E-state index in [1.54, 1.807) is 31.2 Å². The Bertz CT molecular complexity index is 822. The second-order valence-electron chi connectivity index (χ2n) is 5.60. The zero-order valence-electron chi connectivity index (χ0n) is 14.8.